The molecule has 1 fully saturated rings. The van der Waals surface area contributed by atoms with Crippen LogP contribution >= 0.6 is 0 Å². The van der Waals surface area contributed by atoms with Gasteiger partial charge in [-0.15, -0.1) is 0 Å². The van der Waals surface area contributed by atoms with E-state index in [0.29, 0.717) is 13.1 Å². The molecule has 0 aromatic heterocycles. The van der Waals surface area contributed by atoms with Crippen LogP contribution in [0.3, 0.4) is 0 Å². The molecule has 1 aromatic carbocycles. The van der Waals surface area contributed by atoms with Crippen molar-refractivity contribution in [2.24, 2.45) is 5.73 Å². The Morgan fingerprint density at radius 2 is 2.09 bits per heavy atom. The van der Waals surface area contributed by atoms with Crippen molar-refractivity contribution in [1.82, 2.24) is 10.2 Å². The molecular weight excluding hydrogens is 294 g/mol. The van der Waals surface area contributed by atoms with Gasteiger partial charge in [0.1, 0.15) is 6.61 Å². The summed E-state index contributed by atoms with van der Waals surface area (Å²) in [5, 5.41) is 2.80. The van der Waals surface area contributed by atoms with Gasteiger partial charge in [-0.2, -0.15) is 0 Å². The average Bonchev–Trinajstić information content (AvgIpc) is 2.58. The van der Waals surface area contributed by atoms with Gasteiger partial charge in [-0.25, -0.2) is 4.79 Å². The Morgan fingerprint density at radius 3 is 2.78 bits per heavy atom. The second-order valence-electron chi connectivity index (χ2n) is 5.92. The van der Waals surface area contributed by atoms with Gasteiger partial charge in [-0.1, -0.05) is 30.3 Å². The van der Waals surface area contributed by atoms with Crippen molar-refractivity contribution in [2.75, 3.05) is 13.1 Å². The smallest absolute Gasteiger partial charge is 0.410 e. The summed E-state index contributed by atoms with van der Waals surface area (Å²) in [7, 11) is 0. The van der Waals surface area contributed by atoms with E-state index in [4.69, 9.17) is 10.5 Å². The number of ether oxygens (including phenoxy) is 1. The lowest BCUT2D eigenvalue weighted by atomic mass is 10.0. The summed E-state index contributed by atoms with van der Waals surface area (Å²) in [5.41, 5.74) is 6.50. The van der Waals surface area contributed by atoms with E-state index in [1.165, 1.54) is 0 Å². The van der Waals surface area contributed by atoms with Crippen molar-refractivity contribution < 1.29 is 14.3 Å². The molecular formula is C17H25N3O3. The van der Waals surface area contributed by atoms with E-state index in [1.54, 1.807) is 11.8 Å². The molecule has 0 bridgehead atoms. The van der Waals surface area contributed by atoms with Crippen LogP contribution in [0.4, 0.5) is 4.79 Å². The highest BCUT2D eigenvalue weighted by Crippen LogP contribution is 2.18. The highest BCUT2D eigenvalue weighted by atomic mass is 16.6. The number of nitrogens with zero attached hydrogens (tertiary/aromatic N) is 1. The van der Waals surface area contributed by atoms with Crippen molar-refractivity contribution >= 4 is 12.0 Å². The third kappa shape index (κ3) is 5.25. The van der Waals surface area contributed by atoms with Crippen molar-refractivity contribution in [3.8, 4) is 0 Å². The van der Waals surface area contributed by atoms with E-state index in [0.717, 1.165) is 24.8 Å². The molecule has 1 heterocycles. The molecule has 6 heteroatoms. The van der Waals surface area contributed by atoms with E-state index >= 15 is 0 Å². The molecule has 6 nitrogen and oxygen atoms in total. The number of hydrogen-bond donors (Lipinski definition) is 2. The summed E-state index contributed by atoms with van der Waals surface area (Å²) in [6, 6.07) is 9.01. The van der Waals surface area contributed by atoms with Gasteiger partial charge in [0.2, 0.25) is 5.91 Å². The maximum absolute atomic E-state index is 12.3. The Kier molecular flexibility index (Phi) is 6.40. The Bertz CT molecular complexity index is 519. The SMILES string of the molecule is C[C@H](N)C(=O)NC[C@H]1CCCCN1C(=O)OCc1ccccc1. The van der Waals surface area contributed by atoms with Crippen LogP contribution in [0, 0.1) is 0 Å². The monoisotopic (exact) mass is 319 g/mol. The summed E-state index contributed by atoms with van der Waals surface area (Å²) >= 11 is 0. The van der Waals surface area contributed by atoms with Crippen LogP contribution in [0.5, 0.6) is 0 Å². The van der Waals surface area contributed by atoms with Crippen LogP contribution in [0.25, 0.3) is 0 Å². The lowest BCUT2D eigenvalue weighted by Crippen LogP contribution is -2.51. The van der Waals surface area contributed by atoms with Gasteiger partial charge in [0.05, 0.1) is 12.1 Å². The summed E-state index contributed by atoms with van der Waals surface area (Å²) in [4.78, 5) is 25.6. The molecule has 23 heavy (non-hydrogen) atoms. The first kappa shape index (κ1) is 17.3. The van der Waals surface area contributed by atoms with Crippen molar-refractivity contribution in [3.63, 3.8) is 0 Å². The molecule has 1 aromatic rings. The first-order valence-electron chi connectivity index (χ1n) is 8.08. The van der Waals surface area contributed by atoms with Crippen molar-refractivity contribution in [1.29, 1.82) is 0 Å². The number of carbonyl (C=O) groups excluding carboxylic acids is 2. The minimum atomic E-state index is -0.544. The lowest BCUT2D eigenvalue weighted by Gasteiger charge is -2.35. The van der Waals surface area contributed by atoms with Crippen molar-refractivity contribution in [3.05, 3.63) is 35.9 Å². The zero-order chi connectivity index (χ0) is 16.7. The number of piperidine rings is 1. The third-order valence-corrected chi connectivity index (χ3v) is 3.99. The maximum atomic E-state index is 12.3. The van der Waals surface area contributed by atoms with E-state index in [9.17, 15) is 9.59 Å². The van der Waals surface area contributed by atoms with Gasteiger partial charge >= 0.3 is 6.09 Å². The Labute approximate surface area is 137 Å². The van der Waals surface area contributed by atoms with Crippen LogP contribution in [-0.2, 0) is 16.1 Å². The van der Waals surface area contributed by atoms with E-state index in [1.807, 2.05) is 30.3 Å². The van der Waals surface area contributed by atoms with E-state index in [-0.39, 0.29) is 24.6 Å². The topological polar surface area (TPSA) is 84.7 Å². The van der Waals surface area contributed by atoms with Crippen LogP contribution in [0.1, 0.15) is 31.7 Å². The number of nitrogens with two attached hydrogens (primary N) is 1. The van der Waals surface area contributed by atoms with Gasteiger partial charge in [0.25, 0.3) is 0 Å². The highest BCUT2D eigenvalue weighted by molar-refractivity contribution is 5.81. The first-order chi connectivity index (χ1) is 11.1. The normalized spacial score (nSPS) is 19.0. The molecule has 0 saturated carbocycles. The van der Waals surface area contributed by atoms with Gasteiger partial charge in [-0.3, -0.25) is 4.79 Å². The van der Waals surface area contributed by atoms with Gasteiger partial charge in [-0.05, 0) is 31.7 Å². The molecule has 0 radical (unpaired) electrons. The minimum Gasteiger partial charge on any atom is -0.445 e. The fraction of sp³-hybridized carbons (Fsp3) is 0.529. The van der Waals surface area contributed by atoms with Crippen LogP contribution in [-0.4, -0.2) is 42.1 Å². The number of rotatable bonds is 5. The number of benzene rings is 1. The summed E-state index contributed by atoms with van der Waals surface area (Å²) < 4.78 is 5.40. The maximum Gasteiger partial charge on any atom is 0.410 e. The van der Waals surface area contributed by atoms with Gasteiger partial charge < -0.3 is 20.7 Å². The van der Waals surface area contributed by atoms with E-state index in [2.05, 4.69) is 5.32 Å². The zero-order valence-corrected chi connectivity index (χ0v) is 13.5. The average molecular weight is 319 g/mol. The second-order valence-corrected chi connectivity index (χ2v) is 5.92. The third-order valence-electron chi connectivity index (χ3n) is 3.99. The number of amides is 2. The molecule has 2 atom stereocenters. The Hall–Kier alpha value is -2.08. The summed E-state index contributed by atoms with van der Waals surface area (Å²) in [6.45, 7) is 2.98. The number of carbonyl (C=O) groups is 2. The quantitative estimate of drug-likeness (QED) is 0.864. The van der Waals surface area contributed by atoms with Crippen molar-refractivity contribution in [2.45, 2.75) is 44.9 Å². The molecule has 1 saturated heterocycles. The fourth-order valence-electron chi connectivity index (χ4n) is 2.63. The predicted octanol–water partition coefficient (Wildman–Crippen LogP) is 1.64. The molecule has 0 aliphatic carbocycles. The Balaban J connectivity index is 1.86. The van der Waals surface area contributed by atoms with Crippen LogP contribution in [0.15, 0.2) is 30.3 Å². The molecule has 0 spiro atoms. The predicted molar refractivity (Wildman–Crippen MR) is 87.6 cm³/mol. The molecule has 0 unspecified atom stereocenters. The minimum absolute atomic E-state index is 0.0327. The van der Waals surface area contributed by atoms with E-state index < -0.39 is 6.04 Å². The second kappa shape index (κ2) is 8.53. The fourth-order valence-corrected chi connectivity index (χ4v) is 2.63. The molecule has 1 aliphatic rings. The molecule has 126 valence electrons. The lowest BCUT2D eigenvalue weighted by molar-refractivity contribution is -0.122. The first-order valence-corrected chi connectivity index (χ1v) is 8.08. The summed E-state index contributed by atoms with van der Waals surface area (Å²) in [5.74, 6) is -0.201. The zero-order valence-electron chi connectivity index (χ0n) is 13.5. The Morgan fingerprint density at radius 1 is 1.35 bits per heavy atom. The highest BCUT2D eigenvalue weighted by Gasteiger charge is 2.28. The molecule has 2 rings (SSSR count). The molecule has 3 N–H and O–H groups in total. The summed E-state index contributed by atoms with van der Waals surface area (Å²) in [6.07, 6.45) is 2.53. The number of likely N-dealkylation sites (tertiary alicyclic amines) is 1. The van der Waals surface area contributed by atoms with Gasteiger partial charge in [0, 0.05) is 13.1 Å². The number of hydrogen-bond acceptors (Lipinski definition) is 4. The van der Waals surface area contributed by atoms with Crippen LogP contribution < -0.4 is 11.1 Å². The van der Waals surface area contributed by atoms with Gasteiger partial charge in [0.15, 0.2) is 0 Å². The number of nitrogens with one attached hydrogen (secondary N) is 1. The largest absolute Gasteiger partial charge is 0.445 e. The standard InChI is InChI=1S/C17H25N3O3/c1-13(18)16(21)19-11-15-9-5-6-10-20(15)17(22)23-12-14-7-3-2-4-8-14/h2-4,7-8,13,15H,5-6,9-12,18H2,1H3,(H,19,21)/t13-,15+/m0/s1. The molecule has 1 aliphatic heterocycles. The van der Waals surface area contributed by atoms with Crippen LogP contribution in [0.2, 0.25) is 0 Å². The molecule has 2 amide bonds.